The Hall–Kier alpha value is -3.62. The summed E-state index contributed by atoms with van der Waals surface area (Å²) in [5.41, 5.74) is 0. The van der Waals surface area contributed by atoms with Gasteiger partial charge in [-0.15, -0.1) is 0 Å². The van der Waals surface area contributed by atoms with E-state index >= 15 is 0 Å². The van der Waals surface area contributed by atoms with Crippen molar-refractivity contribution < 1.29 is 43.1 Å². The molecule has 0 spiro atoms. The maximum atomic E-state index is 11.3. The second kappa shape index (κ2) is 7.78. The Kier molecular flexibility index (Phi) is 5.40. The Morgan fingerprint density at radius 1 is 1.00 bits per heavy atom. The SMILES string of the molecule is COc1ccc2c(c1)OC(C)(C(C)=O)O2.COc1cccc2c1OC(C(=O)O)O2. The first-order valence-electron chi connectivity index (χ1n) is 8.57. The number of Topliss-reactive ketones (excluding diaryl/α,β-unsaturated/α-hetero) is 1. The fraction of sp³-hybridized carbons (Fsp3) is 0.300. The summed E-state index contributed by atoms with van der Waals surface area (Å²) in [6.07, 6.45) is -1.28. The van der Waals surface area contributed by atoms with Crippen molar-refractivity contribution in [1.29, 1.82) is 0 Å². The van der Waals surface area contributed by atoms with Crippen LogP contribution in [0.3, 0.4) is 0 Å². The van der Waals surface area contributed by atoms with Gasteiger partial charge in [-0.25, -0.2) is 4.79 Å². The van der Waals surface area contributed by atoms with Gasteiger partial charge in [0.15, 0.2) is 23.0 Å². The molecule has 0 saturated heterocycles. The van der Waals surface area contributed by atoms with Crippen molar-refractivity contribution in [2.24, 2.45) is 0 Å². The van der Waals surface area contributed by atoms with E-state index in [0.717, 1.165) is 0 Å². The topological polar surface area (TPSA) is 110 Å². The predicted molar refractivity (Wildman–Crippen MR) is 99.0 cm³/mol. The molecule has 0 aliphatic carbocycles. The lowest BCUT2D eigenvalue weighted by atomic mass is 10.2. The van der Waals surface area contributed by atoms with Gasteiger partial charge in [0.05, 0.1) is 14.2 Å². The van der Waals surface area contributed by atoms with E-state index in [9.17, 15) is 9.59 Å². The monoisotopic (exact) mass is 404 g/mol. The van der Waals surface area contributed by atoms with E-state index in [0.29, 0.717) is 34.5 Å². The number of para-hydroxylation sites is 1. The molecule has 2 heterocycles. The third-order valence-electron chi connectivity index (χ3n) is 4.22. The van der Waals surface area contributed by atoms with Gasteiger partial charge in [-0.2, -0.15) is 0 Å². The molecule has 1 N–H and O–H groups in total. The molecule has 0 saturated carbocycles. The number of carboxylic acid groups (broad SMARTS) is 1. The third-order valence-corrected chi connectivity index (χ3v) is 4.22. The van der Waals surface area contributed by atoms with Crippen LogP contribution < -0.4 is 28.4 Å². The van der Waals surface area contributed by atoms with Crippen LogP contribution in [0.15, 0.2) is 36.4 Å². The minimum Gasteiger partial charge on any atom is -0.497 e. The number of hydrogen-bond donors (Lipinski definition) is 1. The molecule has 2 aromatic carbocycles. The van der Waals surface area contributed by atoms with Crippen LogP contribution in [0.2, 0.25) is 0 Å². The number of methoxy groups -OCH3 is 2. The molecule has 29 heavy (non-hydrogen) atoms. The summed E-state index contributed by atoms with van der Waals surface area (Å²) in [5.74, 6) is 0.423. The number of fused-ring (bicyclic) bond motifs is 2. The van der Waals surface area contributed by atoms with Crippen molar-refractivity contribution in [2.75, 3.05) is 14.2 Å². The van der Waals surface area contributed by atoms with Crippen LogP contribution in [0.4, 0.5) is 0 Å². The summed E-state index contributed by atoms with van der Waals surface area (Å²) >= 11 is 0. The zero-order chi connectivity index (χ0) is 21.2. The lowest BCUT2D eigenvalue weighted by molar-refractivity contribution is -0.154. The number of carboxylic acids is 1. The first-order chi connectivity index (χ1) is 13.8. The van der Waals surface area contributed by atoms with Gasteiger partial charge in [-0.1, -0.05) is 6.07 Å². The number of benzene rings is 2. The van der Waals surface area contributed by atoms with Crippen LogP contribution in [0.1, 0.15) is 13.8 Å². The van der Waals surface area contributed by atoms with Gasteiger partial charge in [0.2, 0.25) is 11.5 Å². The van der Waals surface area contributed by atoms with Crippen LogP contribution in [0.5, 0.6) is 34.5 Å². The highest BCUT2D eigenvalue weighted by atomic mass is 16.7. The molecular weight excluding hydrogens is 384 g/mol. The fourth-order valence-corrected chi connectivity index (χ4v) is 2.58. The zero-order valence-electron chi connectivity index (χ0n) is 16.3. The molecule has 4 rings (SSSR count). The van der Waals surface area contributed by atoms with E-state index in [2.05, 4.69) is 0 Å². The van der Waals surface area contributed by atoms with Crippen LogP contribution in [-0.2, 0) is 9.59 Å². The minimum absolute atomic E-state index is 0.169. The minimum atomic E-state index is -1.28. The Bertz CT molecular complexity index is 940. The second-order valence-electron chi connectivity index (χ2n) is 6.21. The molecule has 0 amide bonds. The molecule has 0 bridgehead atoms. The van der Waals surface area contributed by atoms with E-state index in [1.54, 1.807) is 50.4 Å². The molecule has 2 atom stereocenters. The van der Waals surface area contributed by atoms with E-state index in [-0.39, 0.29) is 5.78 Å². The van der Waals surface area contributed by atoms with E-state index in [1.807, 2.05) is 0 Å². The largest absolute Gasteiger partial charge is 0.497 e. The Morgan fingerprint density at radius 3 is 2.34 bits per heavy atom. The highest BCUT2D eigenvalue weighted by Gasteiger charge is 2.41. The summed E-state index contributed by atoms with van der Waals surface area (Å²) in [5, 5.41) is 8.66. The molecule has 0 fully saturated rings. The molecule has 154 valence electrons. The molecule has 2 aliphatic heterocycles. The van der Waals surface area contributed by atoms with Gasteiger partial charge < -0.3 is 33.5 Å². The van der Waals surface area contributed by atoms with Crippen LogP contribution >= 0.6 is 0 Å². The summed E-state index contributed by atoms with van der Waals surface area (Å²) in [4.78, 5) is 21.9. The normalized spacial score (nSPS) is 20.3. The first kappa shape index (κ1) is 20.1. The van der Waals surface area contributed by atoms with Crippen molar-refractivity contribution >= 4 is 11.8 Å². The zero-order valence-corrected chi connectivity index (χ0v) is 16.3. The Labute approximate surface area is 166 Å². The Balaban J connectivity index is 0.000000166. The smallest absolute Gasteiger partial charge is 0.387 e. The standard InChI is InChI=1S/C11H12O4.C9H8O5/c1-7(12)11(2)14-9-5-4-8(13-3)6-10(9)15-11;1-12-5-3-2-4-6-7(5)14-9(13-6)8(10)11/h4-6H,1-3H3;2-4,9H,1H3,(H,10,11). The number of ketones is 1. The molecular formula is C20H20O9. The Morgan fingerprint density at radius 2 is 1.72 bits per heavy atom. The highest BCUT2D eigenvalue weighted by molar-refractivity contribution is 5.84. The van der Waals surface area contributed by atoms with Crippen molar-refractivity contribution in [1.82, 2.24) is 0 Å². The summed E-state index contributed by atoms with van der Waals surface area (Å²) in [7, 11) is 3.05. The number of aliphatic carboxylic acids is 1. The number of carbonyl (C=O) groups is 2. The maximum Gasteiger partial charge on any atom is 0.387 e. The number of hydrogen-bond acceptors (Lipinski definition) is 8. The molecule has 2 aliphatic rings. The van der Waals surface area contributed by atoms with Gasteiger partial charge in [0.25, 0.3) is 0 Å². The van der Waals surface area contributed by atoms with Gasteiger partial charge in [-0.3, -0.25) is 4.79 Å². The van der Waals surface area contributed by atoms with Gasteiger partial charge >= 0.3 is 18.0 Å². The van der Waals surface area contributed by atoms with Crippen LogP contribution in [0.25, 0.3) is 0 Å². The molecule has 2 unspecified atom stereocenters. The molecule has 9 heteroatoms. The lowest BCUT2D eigenvalue weighted by Crippen LogP contribution is -2.42. The van der Waals surface area contributed by atoms with Crippen molar-refractivity contribution in [2.45, 2.75) is 25.9 Å². The van der Waals surface area contributed by atoms with Gasteiger partial charge in [0.1, 0.15) is 5.75 Å². The van der Waals surface area contributed by atoms with E-state index in [4.69, 9.17) is 33.5 Å². The first-order valence-corrected chi connectivity index (χ1v) is 8.57. The summed E-state index contributed by atoms with van der Waals surface area (Å²) < 4.78 is 31.0. The number of carbonyl (C=O) groups excluding carboxylic acids is 1. The van der Waals surface area contributed by atoms with Gasteiger partial charge in [0, 0.05) is 19.9 Å². The van der Waals surface area contributed by atoms with E-state index in [1.165, 1.54) is 14.0 Å². The highest BCUT2D eigenvalue weighted by Crippen LogP contribution is 2.42. The van der Waals surface area contributed by atoms with Gasteiger partial charge in [-0.05, 0) is 24.3 Å². The summed E-state index contributed by atoms with van der Waals surface area (Å²) in [6.45, 7) is 3.03. The van der Waals surface area contributed by atoms with Crippen LogP contribution in [0, 0.1) is 0 Å². The number of rotatable bonds is 4. The van der Waals surface area contributed by atoms with Crippen molar-refractivity contribution in [3.63, 3.8) is 0 Å². The molecule has 0 radical (unpaired) electrons. The van der Waals surface area contributed by atoms with Crippen LogP contribution in [-0.4, -0.2) is 43.2 Å². The molecule has 2 aromatic rings. The predicted octanol–water partition coefficient (Wildman–Crippen LogP) is 2.65. The van der Waals surface area contributed by atoms with E-state index < -0.39 is 18.0 Å². The molecule has 9 nitrogen and oxygen atoms in total. The average molecular weight is 404 g/mol. The maximum absolute atomic E-state index is 11.3. The van der Waals surface area contributed by atoms with Crippen molar-refractivity contribution in [3.05, 3.63) is 36.4 Å². The number of ether oxygens (including phenoxy) is 6. The fourth-order valence-electron chi connectivity index (χ4n) is 2.58. The average Bonchev–Trinajstić information content (AvgIpc) is 3.28. The second-order valence-corrected chi connectivity index (χ2v) is 6.21. The lowest BCUT2D eigenvalue weighted by Gasteiger charge is -2.18. The van der Waals surface area contributed by atoms with Crippen molar-refractivity contribution in [3.8, 4) is 34.5 Å². The third kappa shape index (κ3) is 3.98. The summed E-state index contributed by atoms with van der Waals surface area (Å²) in [6, 6.07) is 10.2. The molecule has 0 aromatic heterocycles. The quantitative estimate of drug-likeness (QED) is 0.822.